The molecule has 0 spiro atoms. The number of nitrogens with two attached hydrogens (primary N) is 1. The minimum Gasteiger partial charge on any atom is -0.459 e. The minimum atomic E-state index is 0.378. The first-order chi connectivity index (χ1) is 10.6. The molecule has 3 aromatic rings. The van der Waals surface area contributed by atoms with Crippen LogP contribution in [0.25, 0.3) is 11.0 Å². The Morgan fingerprint density at radius 3 is 2.68 bits per heavy atom. The maximum Gasteiger partial charge on any atom is 0.193 e. The summed E-state index contributed by atoms with van der Waals surface area (Å²) in [5, 5.41) is 4.18. The van der Waals surface area contributed by atoms with E-state index < -0.39 is 0 Å². The lowest BCUT2D eigenvalue weighted by molar-refractivity contribution is 0.553. The Bertz CT molecular complexity index is 800. The van der Waals surface area contributed by atoms with Gasteiger partial charge in [0.2, 0.25) is 0 Å². The molecular formula is C18H19N3O. The van der Waals surface area contributed by atoms with E-state index in [1.54, 1.807) is 0 Å². The number of furan rings is 1. The van der Waals surface area contributed by atoms with Gasteiger partial charge >= 0.3 is 0 Å². The van der Waals surface area contributed by atoms with Gasteiger partial charge in [0.15, 0.2) is 5.96 Å². The summed E-state index contributed by atoms with van der Waals surface area (Å²) in [4.78, 5) is 4.33. The van der Waals surface area contributed by atoms with E-state index in [2.05, 4.69) is 36.3 Å². The van der Waals surface area contributed by atoms with Crippen LogP contribution in [0.4, 0.5) is 5.69 Å². The van der Waals surface area contributed by atoms with E-state index in [1.807, 2.05) is 36.4 Å². The fourth-order valence-corrected chi connectivity index (χ4v) is 2.28. The van der Waals surface area contributed by atoms with Crippen molar-refractivity contribution in [1.29, 1.82) is 0 Å². The number of aryl methyl sites for hydroxylation is 2. The first kappa shape index (κ1) is 14.2. The number of aliphatic imine (C=N–C) groups is 1. The first-order valence-corrected chi connectivity index (χ1v) is 7.23. The molecule has 3 rings (SSSR count). The Hall–Kier alpha value is -2.75. The van der Waals surface area contributed by atoms with E-state index in [9.17, 15) is 0 Å². The second-order valence-electron chi connectivity index (χ2n) is 5.38. The van der Waals surface area contributed by atoms with Crippen LogP contribution in [-0.4, -0.2) is 5.96 Å². The maximum absolute atomic E-state index is 5.93. The summed E-state index contributed by atoms with van der Waals surface area (Å²) in [6, 6.07) is 16.0. The summed E-state index contributed by atoms with van der Waals surface area (Å²) in [5.74, 6) is 1.18. The number of para-hydroxylation sites is 1. The van der Waals surface area contributed by atoms with Crippen LogP contribution in [0.1, 0.15) is 16.9 Å². The van der Waals surface area contributed by atoms with Crippen molar-refractivity contribution in [3.05, 3.63) is 65.4 Å². The highest BCUT2D eigenvalue weighted by Crippen LogP contribution is 2.19. The summed E-state index contributed by atoms with van der Waals surface area (Å²) >= 11 is 0. The molecule has 0 fully saturated rings. The van der Waals surface area contributed by atoms with E-state index in [0.29, 0.717) is 12.5 Å². The Labute approximate surface area is 129 Å². The van der Waals surface area contributed by atoms with Crippen LogP contribution < -0.4 is 11.1 Å². The average Bonchev–Trinajstić information content (AvgIpc) is 2.92. The molecule has 1 heterocycles. The van der Waals surface area contributed by atoms with Gasteiger partial charge in [-0.25, -0.2) is 4.99 Å². The van der Waals surface area contributed by atoms with Crippen molar-refractivity contribution in [3.63, 3.8) is 0 Å². The summed E-state index contributed by atoms with van der Waals surface area (Å²) in [5.41, 5.74) is 10.2. The molecule has 4 heteroatoms. The summed E-state index contributed by atoms with van der Waals surface area (Å²) < 4.78 is 5.71. The number of nitrogens with one attached hydrogen (secondary N) is 1. The van der Waals surface area contributed by atoms with E-state index in [0.717, 1.165) is 22.4 Å². The van der Waals surface area contributed by atoms with Gasteiger partial charge in [0.1, 0.15) is 17.9 Å². The van der Waals surface area contributed by atoms with Crippen molar-refractivity contribution in [2.45, 2.75) is 20.4 Å². The molecule has 0 aliphatic carbocycles. The summed E-state index contributed by atoms with van der Waals surface area (Å²) in [7, 11) is 0. The van der Waals surface area contributed by atoms with Gasteiger partial charge in [0, 0.05) is 11.1 Å². The van der Waals surface area contributed by atoms with Crippen molar-refractivity contribution < 1.29 is 4.42 Å². The molecule has 112 valence electrons. The van der Waals surface area contributed by atoms with Crippen LogP contribution in [0, 0.1) is 13.8 Å². The SMILES string of the molecule is Cc1ccc(NC(N)=NCc2cc3ccccc3o2)cc1C. The molecule has 0 radical (unpaired) electrons. The van der Waals surface area contributed by atoms with E-state index in [-0.39, 0.29) is 0 Å². The zero-order chi connectivity index (χ0) is 15.5. The van der Waals surface area contributed by atoms with Gasteiger partial charge in [0.25, 0.3) is 0 Å². The van der Waals surface area contributed by atoms with Crippen molar-refractivity contribution in [2.24, 2.45) is 10.7 Å². The average molecular weight is 293 g/mol. The molecule has 22 heavy (non-hydrogen) atoms. The number of guanidine groups is 1. The van der Waals surface area contributed by atoms with Gasteiger partial charge in [-0.3, -0.25) is 0 Å². The molecule has 0 bridgehead atoms. The Morgan fingerprint density at radius 1 is 1.09 bits per heavy atom. The van der Waals surface area contributed by atoms with Gasteiger partial charge in [-0.05, 0) is 49.2 Å². The summed E-state index contributed by atoms with van der Waals surface area (Å²) in [6.45, 7) is 4.57. The third-order valence-electron chi connectivity index (χ3n) is 3.66. The standard InChI is InChI=1S/C18H19N3O/c1-12-7-8-15(9-13(12)2)21-18(19)20-11-16-10-14-5-3-4-6-17(14)22-16/h3-10H,11H2,1-2H3,(H3,19,20,21). The predicted octanol–water partition coefficient (Wildman–Crippen LogP) is 3.98. The predicted molar refractivity (Wildman–Crippen MR) is 91.1 cm³/mol. The molecule has 0 atom stereocenters. The van der Waals surface area contributed by atoms with Gasteiger partial charge in [0.05, 0.1) is 0 Å². The van der Waals surface area contributed by atoms with Gasteiger partial charge in [-0.2, -0.15) is 0 Å². The van der Waals surface area contributed by atoms with E-state index >= 15 is 0 Å². The molecule has 0 saturated heterocycles. The third-order valence-corrected chi connectivity index (χ3v) is 3.66. The summed E-state index contributed by atoms with van der Waals surface area (Å²) in [6.07, 6.45) is 0. The molecule has 1 aromatic heterocycles. The lowest BCUT2D eigenvalue weighted by Gasteiger charge is -2.07. The number of anilines is 1. The first-order valence-electron chi connectivity index (χ1n) is 7.23. The number of fused-ring (bicyclic) bond motifs is 1. The molecule has 4 nitrogen and oxygen atoms in total. The van der Waals surface area contributed by atoms with Crippen LogP contribution in [0.5, 0.6) is 0 Å². The lowest BCUT2D eigenvalue weighted by Crippen LogP contribution is -2.22. The highest BCUT2D eigenvalue weighted by Gasteiger charge is 2.03. The Morgan fingerprint density at radius 2 is 1.91 bits per heavy atom. The van der Waals surface area contributed by atoms with Gasteiger partial charge < -0.3 is 15.5 Å². The fraction of sp³-hybridized carbons (Fsp3) is 0.167. The number of benzene rings is 2. The number of hydrogen-bond donors (Lipinski definition) is 2. The number of hydrogen-bond acceptors (Lipinski definition) is 2. The third kappa shape index (κ3) is 3.11. The monoisotopic (exact) mass is 293 g/mol. The van der Waals surface area contributed by atoms with Crippen LogP contribution >= 0.6 is 0 Å². The quantitative estimate of drug-likeness (QED) is 0.567. The van der Waals surface area contributed by atoms with Crippen molar-refractivity contribution in [1.82, 2.24) is 0 Å². The fourth-order valence-electron chi connectivity index (χ4n) is 2.28. The van der Waals surface area contributed by atoms with Crippen LogP contribution in [0.15, 0.2) is 57.9 Å². The molecular weight excluding hydrogens is 274 g/mol. The van der Waals surface area contributed by atoms with E-state index in [1.165, 1.54) is 11.1 Å². The van der Waals surface area contributed by atoms with Crippen molar-refractivity contribution in [3.8, 4) is 0 Å². The molecule has 0 aliphatic heterocycles. The van der Waals surface area contributed by atoms with Crippen LogP contribution in [-0.2, 0) is 6.54 Å². The Kier molecular flexibility index (Phi) is 3.83. The van der Waals surface area contributed by atoms with Crippen molar-refractivity contribution >= 4 is 22.6 Å². The van der Waals surface area contributed by atoms with Gasteiger partial charge in [-0.1, -0.05) is 24.3 Å². The molecule has 0 aliphatic rings. The van der Waals surface area contributed by atoms with E-state index in [4.69, 9.17) is 10.2 Å². The normalized spacial score (nSPS) is 11.8. The lowest BCUT2D eigenvalue weighted by atomic mass is 10.1. The smallest absolute Gasteiger partial charge is 0.193 e. The zero-order valence-electron chi connectivity index (χ0n) is 12.8. The number of nitrogens with zero attached hydrogens (tertiary/aromatic N) is 1. The number of rotatable bonds is 3. The van der Waals surface area contributed by atoms with Crippen molar-refractivity contribution in [2.75, 3.05) is 5.32 Å². The molecule has 0 amide bonds. The van der Waals surface area contributed by atoms with Crippen LogP contribution in [0.2, 0.25) is 0 Å². The zero-order valence-corrected chi connectivity index (χ0v) is 12.8. The topological polar surface area (TPSA) is 63.5 Å². The largest absolute Gasteiger partial charge is 0.459 e. The Balaban J connectivity index is 1.70. The minimum absolute atomic E-state index is 0.378. The molecule has 0 unspecified atom stereocenters. The molecule has 2 aromatic carbocycles. The van der Waals surface area contributed by atoms with Gasteiger partial charge in [-0.15, -0.1) is 0 Å². The second-order valence-corrected chi connectivity index (χ2v) is 5.38. The maximum atomic E-state index is 5.93. The molecule has 0 saturated carbocycles. The highest BCUT2D eigenvalue weighted by atomic mass is 16.3. The van der Waals surface area contributed by atoms with Crippen LogP contribution in [0.3, 0.4) is 0 Å². The molecule has 3 N–H and O–H groups in total. The second kappa shape index (κ2) is 5.93. The highest BCUT2D eigenvalue weighted by molar-refractivity contribution is 5.92.